The Kier molecular flexibility index (Phi) is 5.91. The van der Waals surface area contributed by atoms with E-state index in [9.17, 15) is 9.18 Å². The first-order valence-corrected chi connectivity index (χ1v) is 9.15. The van der Waals surface area contributed by atoms with Crippen molar-refractivity contribution >= 4 is 6.09 Å². The summed E-state index contributed by atoms with van der Waals surface area (Å²) in [6, 6.07) is 8.23. The maximum atomic E-state index is 12.5. The van der Waals surface area contributed by atoms with Crippen LogP contribution in [-0.2, 0) is 18.3 Å². The molecule has 0 N–H and O–H groups in total. The summed E-state index contributed by atoms with van der Waals surface area (Å²) in [7, 11) is 1.93. The second-order valence-corrected chi connectivity index (χ2v) is 6.80. The highest BCUT2D eigenvalue weighted by Gasteiger charge is 2.31. The first kappa shape index (κ1) is 18.4. The fraction of sp³-hybridized carbons (Fsp3) is 0.500. The monoisotopic (exact) mass is 359 g/mol. The quantitative estimate of drug-likeness (QED) is 0.734. The van der Waals surface area contributed by atoms with E-state index >= 15 is 0 Å². The van der Waals surface area contributed by atoms with Crippen LogP contribution >= 0.6 is 0 Å². The van der Waals surface area contributed by atoms with Crippen LogP contribution in [0.4, 0.5) is 9.18 Å². The number of hydrogen-bond acceptors (Lipinski definition) is 3. The number of ether oxygens (including phenoxy) is 1. The third kappa shape index (κ3) is 3.89. The van der Waals surface area contributed by atoms with Crippen molar-refractivity contribution in [2.24, 2.45) is 7.05 Å². The Morgan fingerprint density at radius 2 is 2.08 bits per heavy atom. The van der Waals surface area contributed by atoms with E-state index in [-0.39, 0.29) is 18.7 Å². The lowest BCUT2D eigenvalue weighted by atomic mass is 9.85. The second-order valence-electron chi connectivity index (χ2n) is 6.80. The van der Waals surface area contributed by atoms with Crippen molar-refractivity contribution in [3.63, 3.8) is 0 Å². The normalized spacial score (nSPS) is 16.4. The first-order valence-electron chi connectivity index (χ1n) is 9.15. The molecule has 0 radical (unpaired) electrons. The molecule has 1 unspecified atom stereocenters. The molecule has 1 aromatic carbocycles. The molecule has 0 saturated heterocycles. The van der Waals surface area contributed by atoms with E-state index in [1.54, 1.807) is 4.90 Å². The number of amides is 1. The van der Waals surface area contributed by atoms with E-state index in [1.165, 1.54) is 5.56 Å². The van der Waals surface area contributed by atoms with Crippen LogP contribution in [0.15, 0.2) is 30.5 Å². The summed E-state index contributed by atoms with van der Waals surface area (Å²) in [5.74, 6) is 0.0905. The van der Waals surface area contributed by atoms with Gasteiger partial charge in [0, 0.05) is 37.3 Å². The Morgan fingerprint density at radius 1 is 1.27 bits per heavy atom. The zero-order valence-corrected chi connectivity index (χ0v) is 15.4. The minimum Gasteiger partial charge on any atom is -0.449 e. The van der Waals surface area contributed by atoms with Crippen LogP contribution in [0.3, 0.4) is 0 Å². The van der Waals surface area contributed by atoms with Gasteiger partial charge in [0.1, 0.15) is 0 Å². The highest BCUT2D eigenvalue weighted by Crippen LogP contribution is 2.35. The van der Waals surface area contributed by atoms with Gasteiger partial charge in [-0.1, -0.05) is 24.3 Å². The Morgan fingerprint density at radius 3 is 2.81 bits per heavy atom. The van der Waals surface area contributed by atoms with E-state index in [4.69, 9.17) is 4.74 Å². The maximum absolute atomic E-state index is 12.5. The Balaban J connectivity index is 1.74. The molecule has 140 valence electrons. The largest absolute Gasteiger partial charge is 0.449 e. The van der Waals surface area contributed by atoms with Crippen molar-refractivity contribution < 1.29 is 13.9 Å². The minimum atomic E-state index is -0.316. The Bertz CT molecular complexity index is 759. The first-order chi connectivity index (χ1) is 12.6. The predicted octanol–water partition coefficient (Wildman–Crippen LogP) is 3.95. The lowest BCUT2D eigenvalue weighted by molar-refractivity contribution is 0.0939. The summed E-state index contributed by atoms with van der Waals surface area (Å²) >= 11 is 0. The molecule has 0 spiro atoms. The van der Waals surface area contributed by atoms with E-state index in [1.807, 2.05) is 37.0 Å². The number of carbonyl (C=O) groups is 1. The van der Waals surface area contributed by atoms with Gasteiger partial charge in [0.15, 0.2) is 0 Å². The van der Waals surface area contributed by atoms with Crippen LogP contribution in [0.2, 0.25) is 0 Å². The molecule has 1 aliphatic heterocycles. The van der Waals surface area contributed by atoms with Crippen LogP contribution in [0, 0.1) is 6.92 Å². The minimum absolute atomic E-state index is 0.0905. The molecular weight excluding hydrogens is 333 g/mol. The molecule has 3 rings (SSSR count). The van der Waals surface area contributed by atoms with Gasteiger partial charge < -0.3 is 9.64 Å². The van der Waals surface area contributed by atoms with E-state index < -0.39 is 0 Å². The summed E-state index contributed by atoms with van der Waals surface area (Å²) in [4.78, 5) is 14.3. The number of rotatable bonds is 6. The average Bonchev–Trinajstić information content (AvgIpc) is 2.99. The molecule has 1 atom stereocenters. The summed E-state index contributed by atoms with van der Waals surface area (Å²) in [5, 5.41) is 4.36. The number of nitrogens with zero attached hydrogens (tertiary/aromatic N) is 3. The molecule has 1 aliphatic rings. The number of unbranched alkanes of at least 4 members (excludes halogenated alkanes) is 2. The number of aryl methyl sites for hydroxylation is 1. The molecule has 0 saturated carbocycles. The Labute approximate surface area is 153 Å². The van der Waals surface area contributed by atoms with Crippen LogP contribution in [0.25, 0.3) is 0 Å². The number of carbonyl (C=O) groups excluding carboxylic acids is 1. The Hall–Kier alpha value is -2.37. The molecule has 2 aromatic rings. The molecule has 1 amide bonds. The fourth-order valence-corrected chi connectivity index (χ4v) is 3.49. The van der Waals surface area contributed by atoms with E-state index in [2.05, 4.69) is 17.2 Å². The molecule has 26 heavy (non-hydrogen) atoms. The highest BCUT2D eigenvalue weighted by molar-refractivity contribution is 5.68. The molecule has 2 heterocycles. The number of fused-ring (bicyclic) bond motifs is 1. The van der Waals surface area contributed by atoms with Crippen molar-refractivity contribution in [2.75, 3.05) is 19.8 Å². The lowest BCUT2D eigenvalue weighted by Gasteiger charge is -2.34. The van der Waals surface area contributed by atoms with Crippen molar-refractivity contribution in [3.05, 3.63) is 52.8 Å². The summed E-state index contributed by atoms with van der Waals surface area (Å²) in [5.41, 5.74) is 4.63. The van der Waals surface area contributed by atoms with Crippen LogP contribution in [0.1, 0.15) is 47.6 Å². The molecular formula is C20H26FN3O2. The average molecular weight is 359 g/mol. The zero-order chi connectivity index (χ0) is 18.5. The lowest BCUT2D eigenvalue weighted by Crippen LogP contribution is -2.39. The maximum Gasteiger partial charge on any atom is 0.410 e. The van der Waals surface area contributed by atoms with E-state index in [0.717, 1.165) is 23.2 Å². The molecule has 1 aromatic heterocycles. The SMILES string of the molecule is Cc1c(C2CN(C(=O)OCCCCCF)Cc3ccccc32)cnn1C. The molecule has 0 aliphatic carbocycles. The smallest absolute Gasteiger partial charge is 0.410 e. The highest BCUT2D eigenvalue weighted by atomic mass is 19.1. The van der Waals surface area contributed by atoms with Gasteiger partial charge >= 0.3 is 6.09 Å². The molecule has 6 heteroatoms. The van der Waals surface area contributed by atoms with Crippen molar-refractivity contribution in [1.82, 2.24) is 14.7 Å². The third-order valence-corrected chi connectivity index (χ3v) is 5.11. The van der Waals surface area contributed by atoms with E-state index in [0.29, 0.717) is 32.5 Å². The zero-order valence-electron chi connectivity index (χ0n) is 15.4. The number of aromatic nitrogens is 2. The number of alkyl halides is 1. The van der Waals surface area contributed by atoms with Crippen LogP contribution < -0.4 is 0 Å². The van der Waals surface area contributed by atoms with Gasteiger partial charge in [-0.2, -0.15) is 5.10 Å². The number of hydrogen-bond donors (Lipinski definition) is 0. The van der Waals surface area contributed by atoms with Gasteiger partial charge in [-0.25, -0.2) is 4.79 Å². The summed E-state index contributed by atoms with van der Waals surface area (Å²) < 4.78 is 19.4. The standard InChI is InChI=1S/C20H26FN3O2/c1-15-18(12-22-23(15)2)19-14-24(13-16-8-4-5-9-17(16)19)20(25)26-11-7-3-6-10-21/h4-5,8-9,12,19H,3,6-7,10-11,13-14H2,1-2H3. The second kappa shape index (κ2) is 8.34. The van der Waals surface area contributed by atoms with Crippen molar-refractivity contribution in [1.29, 1.82) is 0 Å². The third-order valence-electron chi connectivity index (χ3n) is 5.11. The van der Waals surface area contributed by atoms with Crippen molar-refractivity contribution in [3.8, 4) is 0 Å². The van der Waals surface area contributed by atoms with Crippen molar-refractivity contribution in [2.45, 2.75) is 38.6 Å². The van der Waals surface area contributed by atoms with Gasteiger partial charge in [0.25, 0.3) is 0 Å². The molecule has 0 fully saturated rings. The number of benzene rings is 1. The van der Waals surface area contributed by atoms with Gasteiger partial charge in [-0.3, -0.25) is 9.07 Å². The van der Waals surface area contributed by atoms with Crippen LogP contribution in [-0.4, -0.2) is 40.6 Å². The van der Waals surface area contributed by atoms with Crippen LogP contribution in [0.5, 0.6) is 0 Å². The predicted molar refractivity (Wildman–Crippen MR) is 97.8 cm³/mol. The number of halogens is 1. The van der Waals surface area contributed by atoms with Gasteiger partial charge in [-0.05, 0) is 37.3 Å². The van der Waals surface area contributed by atoms with Gasteiger partial charge in [0.2, 0.25) is 0 Å². The topological polar surface area (TPSA) is 47.4 Å². The fourth-order valence-electron chi connectivity index (χ4n) is 3.49. The summed E-state index contributed by atoms with van der Waals surface area (Å²) in [6.07, 6.45) is 3.56. The molecule has 0 bridgehead atoms. The summed E-state index contributed by atoms with van der Waals surface area (Å²) in [6.45, 7) is 3.20. The molecule has 5 nitrogen and oxygen atoms in total. The van der Waals surface area contributed by atoms with Gasteiger partial charge in [0.05, 0.1) is 19.5 Å². The van der Waals surface area contributed by atoms with Gasteiger partial charge in [-0.15, -0.1) is 0 Å².